The fourth-order valence-electron chi connectivity index (χ4n) is 1.44. The van der Waals surface area contributed by atoms with Crippen LogP contribution in [0.5, 0.6) is 5.75 Å². The monoisotopic (exact) mass is 297 g/mol. The largest absolute Gasteiger partial charge is 0.507 e. The summed E-state index contributed by atoms with van der Waals surface area (Å²) in [6.07, 6.45) is 1.18. The minimum Gasteiger partial charge on any atom is -0.507 e. The van der Waals surface area contributed by atoms with E-state index < -0.39 is 5.91 Å². The summed E-state index contributed by atoms with van der Waals surface area (Å²) in [6, 6.07) is 4.71. The van der Waals surface area contributed by atoms with Gasteiger partial charge in [-0.15, -0.1) is 0 Å². The van der Waals surface area contributed by atoms with Crippen molar-refractivity contribution in [2.45, 2.75) is 6.92 Å². The minimum absolute atomic E-state index is 0.0418. The van der Waals surface area contributed by atoms with Crippen molar-refractivity contribution in [3.05, 3.63) is 45.8 Å². The van der Waals surface area contributed by atoms with Crippen LogP contribution >= 0.6 is 23.2 Å². The van der Waals surface area contributed by atoms with Crippen molar-refractivity contribution in [1.29, 1.82) is 0 Å². The first kappa shape index (κ1) is 13.6. The smallest absolute Gasteiger partial charge is 0.260 e. The molecule has 0 atom stereocenters. The molecule has 0 saturated carbocycles. The third kappa shape index (κ3) is 2.94. The van der Waals surface area contributed by atoms with E-state index in [0.29, 0.717) is 0 Å². The number of benzene rings is 1. The van der Waals surface area contributed by atoms with Crippen LogP contribution in [-0.2, 0) is 0 Å². The molecule has 1 amide bonds. The molecule has 0 spiro atoms. The summed E-state index contributed by atoms with van der Waals surface area (Å²) in [7, 11) is 0. The van der Waals surface area contributed by atoms with Crippen LogP contribution < -0.4 is 5.32 Å². The van der Waals surface area contributed by atoms with Crippen LogP contribution in [0.4, 0.5) is 5.82 Å². The number of rotatable bonds is 2. The Morgan fingerprint density at radius 3 is 2.74 bits per heavy atom. The second-order valence-corrected chi connectivity index (χ2v) is 4.54. The molecule has 2 aromatic rings. The Labute approximate surface area is 119 Å². The molecular weight excluding hydrogens is 289 g/mol. The lowest BCUT2D eigenvalue weighted by Crippen LogP contribution is -2.13. The molecule has 98 valence electrons. The van der Waals surface area contributed by atoms with Crippen molar-refractivity contribution in [1.82, 2.24) is 9.97 Å². The lowest BCUT2D eigenvalue weighted by Gasteiger charge is -2.08. The number of aromatic nitrogens is 2. The van der Waals surface area contributed by atoms with Gasteiger partial charge in [0.2, 0.25) is 0 Å². The normalized spacial score (nSPS) is 10.3. The third-order valence-electron chi connectivity index (χ3n) is 2.38. The number of nitrogens with one attached hydrogen (secondary N) is 1. The van der Waals surface area contributed by atoms with E-state index in [-0.39, 0.29) is 27.3 Å². The van der Waals surface area contributed by atoms with E-state index in [1.54, 1.807) is 6.07 Å². The Morgan fingerprint density at radius 2 is 2.05 bits per heavy atom. The van der Waals surface area contributed by atoms with Crippen molar-refractivity contribution < 1.29 is 9.90 Å². The Kier molecular flexibility index (Phi) is 3.87. The maximum absolute atomic E-state index is 12.0. The van der Waals surface area contributed by atoms with Crippen molar-refractivity contribution in [2.75, 3.05) is 5.32 Å². The van der Waals surface area contributed by atoms with E-state index in [1.165, 1.54) is 18.5 Å². The van der Waals surface area contributed by atoms with E-state index in [9.17, 15) is 9.90 Å². The molecular formula is C12H9Cl2N3O2. The summed E-state index contributed by atoms with van der Waals surface area (Å²) in [5.41, 5.74) is 0.966. The van der Waals surface area contributed by atoms with Crippen molar-refractivity contribution in [3.63, 3.8) is 0 Å². The fourth-order valence-corrected chi connectivity index (χ4v) is 1.72. The first-order valence-corrected chi connectivity index (χ1v) is 6.01. The zero-order valence-electron chi connectivity index (χ0n) is 9.82. The molecule has 0 aliphatic heterocycles. The molecule has 0 radical (unpaired) electrons. The van der Waals surface area contributed by atoms with Crippen molar-refractivity contribution in [3.8, 4) is 5.75 Å². The number of carbonyl (C=O) groups is 1. The molecule has 19 heavy (non-hydrogen) atoms. The average Bonchev–Trinajstić information content (AvgIpc) is 2.34. The van der Waals surface area contributed by atoms with Gasteiger partial charge < -0.3 is 10.4 Å². The molecule has 0 saturated heterocycles. The van der Waals surface area contributed by atoms with Crippen LogP contribution in [0, 0.1) is 6.92 Å². The average molecular weight is 298 g/mol. The number of phenolic OH excluding ortho intramolecular Hbond substituents is 1. The van der Waals surface area contributed by atoms with Gasteiger partial charge in [0, 0.05) is 0 Å². The van der Waals surface area contributed by atoms with Crippen LogP contribution in [0.2, 0.25) is 10.2 Å². The van der Waals surface area contributed by atoms with Gasteiger partial charge in [-0.05, 0) is 24.6 Å². The number of phenols is 1. The molecule has 7 heteroatoms. The Balaban J connectivity index is 2.28. The Bertz CT molecular complexity index is 647. The van der Waals surface area contributed by atoms with Gasteiger partial charge in [-0.25, -0.2) is 9.97 Å². The molecule has 0 unspecified atom stereocenters. The molecule has 0 aliphatic carbocycles. The first-order valence-electron chi connectivity index (χ1n) is 5.26. The fraction of sp³-hybridized carbons (Fsp3) is 0.0833. The molecule has 2 rings (SSSR count). The number of amides is 1. The molecule has 1 aromatic heterocycles. The summed E-state index contributed by atoms with van der Waals surface area (Å²) in [4.78, 5) is 19.5. The third-order valence-corrected chi connectivity index (χ3v) is 3.12. The summed E-state index contributed by atoms with van der Waals surface area (Å²) in [6.45, 7) is 1.81. The lowest BCUT2D eigenvalue weighted by molar-refractivity contribution is 0.102. The number of carbonyl (C=O) groups excluding carboxylic acids is 1. The maximum atomic E-state index is 12.0. The zero-order chi connectivity index (χ0) is 14.0. The van der Waals surface area contributed by atoms with Gasteiger partial charge in [-0.3, -0.25) is 4.79 Å². The Hall–Kier alpha value is -1.85. The minimum atomic E-state index is -0.533. The van der Waals surface area contributed by atoms with Crippen molar-refractivity contribution in [2.24, 2.45) is 0 Å². The predicted molar refractivity (Wildman–Crippen MR) is 72.8 cm³/mol. The highest BCUT2D eigenvalue weighted by Crippen LogP contribution is 2.26. The van der Waals surface area contributed by atoms with Gasteiger partial charge >= 0.3 is 0 Å². The standard InChI is InChI=1S/C12H9Cl2N3O2/c1-6-2-3-7(8(18)4-6)12(19)17-11-9(13)10(14)15-5-16-11/h2-5,18H,1H3,(H,15,16,17,19). The van der Waals surface area contributed by atoms with E-state index in [0.717, 1.165) is 5.56 Å². The van der Waals surface area contributed by atoms with Crippen LogP contribution in [0.25, 0.3) is 0 Å². The van der Waals surface area contributed by atoms with Gasteiger partial charge in [-0.1, -0.05) is 29.3 Å². The molecule has 0 bridgehead atoms. The number of halogens is 2. The molecule has 0 fully saturated rings. The van der Waals surface area contributed by atoms with Gasteiger partial charge in [-0.2, -0.15) is 0 Å². The van der Waals surface area contributed by atoms with E-state index in [1.807, 2.05) is 6.92 Å². The van der Waals surface area contributed by atoms with E-state index >= 15 is 0 Å². The van der Waals surface area contributed by atoms with Crippen molar-refractivity contribution >= 4 is 34.9 Å². The molecule has 1 heterocycles. The quantitative estimate of drug-likeness (QED) is 0.836. The lowest BCUT2D eigenvalue weighted by atomic mass is 10.1. The van der Waals surface area contributed by atoms with Gasteiger partial charge in [0.1, 0.15) is 17.1 Å². The zero-order valence-corrected chi connectivity index (χ0v) is 11.3. The van der Waals surface area contributed by atoms with Crippen LogP contribution in [0.15, 0.2) is 24.5 Å². The second-order valence-electron chi connectivity index (χ2n) is 3.80. The van der Waals surface area contributed by atoms with Gasteiger partial charge in [0.05, 0.1) is 5.56 Å². The van der Waals surface area contributed by atoms with Crippen LogP contribution in [0.1, 0.15) is 15.9 Å². The summed E-state index contributed by atoms with van der Waals surface area (Å²) < 4.78 is 0. The number of hydrogen-bond acceptors (Lipinski definition) is 4. The number of hydrogen-bond donors (Lipinski definition) is 2. The topological polar surface area (TPSA) is 75.1 Å². The highest BCUT2D eigenvalue weighted by atomic mass is 35.5. The highest BCUT2D eigenvalue weighted by Gasteiger charge is 2.15. The number of aryl methyl sites for hydroxylation is 1. The molecule has 5 nitrogen and oxygen atoms in total. The first-order chi connectivity index (χ1) is 8.99. The Morgan fingerprint density at radius 1 is 1.32 bits per heavy atom. The molecule has 1 aromatic carbocycles. The van der Waals surface area contributed by atoms with Gasteiger partial charge in [0.15, 0.2) is 11.0 Å². The van der Waals surface area contributed by atoms with Crippen LogP contribution in [0.3, 0.4) is 0 Å². The summed E-state index contributed by atoms with van der Waals surface area (Å²) >= 11 is 11.6. The van der Waals surface area contributed by atoms with E-state index in [2.05, 4.69) is 15.3 Å². The number of nitrogens with zero attached hydrogens (tertiary/aromatic N) is 2. The van der Waals surface area contributed by atoms with Gasteiger partial charge in [0.25, 0.3) is 5.91 Å². The predicted octanol–water partition coefficient (Wildman–Crippen LogP) is 3.05. The SMILES string of the molecule is Cc1ccc(C(=O)Nc2ncnc(Cl)c2Cl)c(O)c1. The molecule has 2 N–H and O–H groups in total. The second kappa shape index (κ2) is 5.42. The summed E-state index contributed by atoms with van der Waals surface area (Å²) in [5, 5.41) is 12.3. The highest BCUT2D eigenvalue weighted by molar-refractivity contribution is 6.43. The molecule has 0 aliphatic rings. The number of aromatic hydroxyl groups is 1. The van der Waals surface area contributed by atoms with Crippen LogP contribution in [-0.4, -0.2) is 21.0 Å². The number of anilines is 1. The summed E-state index contributed by atoms with van der Waals surface area (Å²) in [5.74, 6) is -0.561. The maximum Gasteiger partial charge on any atom is 0.260 e. The van der Waals surface area contributed by atoms with E-state index in [4.69, 9.17) is 23.2 Å².